The van der Waals surface area contributed by atoms with Gasteiger partial charge < -0.3 is 5.32 Å². The van der Waals surface area contributed by atoms with Crippen molar-refractivity contribution >= 4 is 44.8 Å². The van der Waals surface area contributed by atoms with Gasteiger partial charge in [0.1, 0.15) is 5.82 Å². The highest BCUT2D eigenvalue weighted by molar-refractivity contribution is 7.89. The van der Waals surface area contributed by atoms with Crippen LogP contribution in [0.3, 0.4) is 0 Å². The van der Waals surface area contributed by atoms with Gasteiger partial charge in [0, 0.05) is 29.3 Å². The molecule has 3 aromatic rings. The number of carbonyl (C=O) groups excluding carboxylic acids is 1. The second kappa shape index (κ2) is 9.14. The van der Waals surface area contributed by atoms with Gasteiger partial charge in [-0.05, 0) is 42.0 Å². The molecule has 0 spiro atoms. The third kappa shape index (κ3) is 5.17. The van der Waals surface area contributed by atoms with Crippen molar-refractivity contribution in [1.82, 2.24) is 4.31 Å². The Kier molecular flexibility index (Phi) is 6.77. The first-order chi connectivity index (χ1) is 14.2. The maximum absolute atomic E-state index is 14.3. The number of amides is 1. The second-order valence-electron chi connectivity index (χ2n) is 6.50. The second-order valence-corrected chi connectivity index (χ2v) is 9.42. The predicted molar refractivity (Wildman–Crippen MR) is 116 cm³/mol. The molecule has 0 heterocycles. The molecule has 0 fully saturated rings. The molecular formula is C21H17Cl2FN2O3S. The molecule has 0 aromatic heterocycles. The van der Waals surface area contributed by atoms with Crippen LogP contribution >= 0.6 is 23.2 Å². The highest BCUT2D eigenvalue weighted by Gasteiger charge is 2.24. The Morgan fingerprint density at radius 3 is 2.27 bits per heavy atom. The van der Waals surface area contributed by atoms with Crippen molar-refractivity contribution < 1.29 is 17.6 Å². The van der Waals surface area contributed by atoms with Crippen molar-refractivity contribution in [1.29, 1.82) is 0 Å². The van der Waals surface area contributed by atoms with E-state index >= 15 is 0 Å². The van der Waals surface area contributed by atoms with E-state index < -0.39 is 27.3 Å². The molecule has 3 rings (SSSR count). The lowest BCUT2D eigenvalue weighted by molar-refractivity contribution is 0.102. The lowest BCUT2D eigenvalue weighted by atomic mass is 10.2. The molecule has 30 heavy (non-hydrogen) atoms. The van der Waals surface area contributed by atoms with Crippen molar-refractivity contribution in [2.24, 2.45) is 0 Å². The first-order valence-electron chi connectivity index (χ1n) is 8.74. The van der Waals surface area contributed by atoms with E-state index in [-0.39, 0.29) is 27.2 Å². The number of benzene rings is 3. The molecule has 0 saturated heterocycles. The zero-order valence-corrected chi connectivity index (χ0v) is 18.1. The van der Waals surface area contributed by atoms with Gasteiger partial charge in [0.2, 0.25) is 10.0 Å². The number of carbonyl (C=O) groups is 1. The number of anilines is 1. The van der Waals surface area contributed by atoms with Crippen LogP contribution in [0.15, 0.2) is 71.6 Å². The largest absolute Gasteiger partial charge is 0.322 e. The SMILES string of the molecule is CN(Cc1ccccc1)S(=O)(=O)c1ccc(F)c(C(=O)Nc2cc(Cl)cc(Cl)c2)c1. The number of rotatable bonds is 6. The van der Waals surface area contributed by atoms with Crippen LogP contribution in [-0.2, 0) is 16.6 Å². The number of hydrogen-bond donors (Lipinski definition) is 1. The van der Waals surface area contributed by atoms with Gasteiger partial charge in [-0.25, -0.2) is 12.8 Å². The van der Waals surface area contributed by atoms with Crippen LogP contribution in [0.1, 0.15) is 15.9 Å². The average molecular weight is 467 g/mol. The van der Waals surface area contributed by atoms with Crippen molar-refractivity contribution in [3.8, 4) is 0 Å². The summed E-state index contributed by atoms with van der Waals surface area (Å²) in [6.07, 6.45) is 0. The van der Waals surface area contributed by atoms with E-state index in [0.717, 1.165) is 28.1 Å². The van der Waals surface area contributed by atoms with Gasteiger partial charge in [-0.1, -0.05) is 53.5 Å². The normalized spacial score (nSPS) is 11.5. The molecule has 0 aliphatic carbocycles. The molecule has 5 nitrogen and oxygen atoms in total. The van der Waals surface area contributed by atoms with E-state index in [0.29, 0.717) is 0 Å². The number of nitrogens with one attached hydrogen (secondary N) is 1. The van der Waals surface area contributed by atoms with E-state index in [1.165, 1.54) is 25.2 Å². The third-order valence-electron chi connectivity index (χ3n) is 4.26. The Labute approximate surface area is 184 Å². The zero-order valence-electron chi connectivity index (χ0n) is 15.8. The van der Waals surface area contributed by atoms with Gasteiger partial charge in [-0.3, -0.25) is 4.79 Å². The summed E-state index contributed by atoms with van der Waals surface area (Å²) in [5.41, 5.74) is 0.633. The van der Waals surface area contributed by atoms with Gasteiger partial charge in [0.25, 0.3) is 5.91 Å². The van der Waals surface area contributed by atoms with Crippen molar-refractivity contribution in [2.45, 2.75) is 11.4 Å². The van der Waals surface area contributed by atoms with Gasteiger partial charge in [-0.15, -0.1) is 0 Å². The Balaban J connectivity index is 1.87. The summed E-state index contributed by atoms with van der Waals surface area (Å²) < 4.78 is 41.2. The molecule has 0 unspecified atom stereocenters. The molecular weight excluding hydrogens is 450 g/mol. The Bertz CT molecular complexity index is 1170. The zero-order chi connectivity index (χ0) is 21.9. The van der Waals surface area contributed by atoms with Crippen molar-refractivity contribution in [3.63, 3.8) is 0 Å². The minimum Gasteiger partial charge on any atom is -0.322 e. The lowest BCUT2D eigenvalue weighted by Crippen LogP contribution is -2.27. The molecule has 1 amide bonds. The summed E-state index contributed by atoms with van der Waals surface area (Å²) >= 11 is 11.8. The highest BCUT2D eigenvalue weighted by atomic mass is 35.5. The fourth-order valence-electron chi connectivity index (χ4n) is 2.77. The highest BCUT2D eigenvalue weighted by Crippen LogP contribution is 2.24. The average Bonchev–Trinajstić information content (AvgIpc) is 2.68. The monoisotopic (exact) mass is 466 g/mol. The molecule has 9 heteroatoms. The van der Waals surface area contributed by atoms with Gasteiger partial charge in [0.15, 0.2) is 0 Å². The maximum atomic E-state index is 14.3. The van der Waals surface area contributed by atoms with E-state index in [4.69, 9.17) is 23.2 Å². The van der Waals surface area contributed by atoms with E-state index in [1.54, 1.807) is 24.3 Å². The van der Waals surface area contributed by atoms with Crippen LogP contribution in [-0.4, -0.2) is 25.7 Å². The van der Waals surface area contributed by atoms with Crippen LogP contribution in [0.25, 0.3) is 0 Å². The summed E-state index contributed by atoms with van der Waals surface area (Å²) in [4.78, 5) is 12.4. The summed E-state index contributed by atoms with van der Waals surface area (Å²) in [6.45, 7) is 0.128. The van der Waals surface area contributed by atoms with Gasteiger partial charge >= 0.3 is 0 Å². The fraction of sp³-hybridized carbons (Fsp3) is 0.0952. The maximum Gasteiger partial charge on any atom is 0.258 e. The summed E-state index contributed by atoms with van der Waals surface area (Å²) in [5, 5.41) is 3.05. The summed E-state index contributed by atoms with van der Waals surface area (Å²) in [6, 6.07) is 16.5. The molecule has 0 aliphatic rings. The Morgan fingerprint density at radius 2 is 1.63 bits per heavy atom. The topological polar surface area (TPSA) is 66.5 Å². The smallest absolute Gasteiger partial charge is 0.258 e. The minimum atomic E-state index is -3.95. The molecule has 156 valence electrons. The minimum absolute atomic E-state index is 0.128. The number of halogens is 3. The Morgan fingerprint density at radius 1 is 1.00 bits per heavy atom. The molecule has 0 bridgehead atoms. The quantitative estimate of drug-likeness (QED) is 0.542. The van der Waals surface area contributed by atoms with Crippen molar-refractivity contribution in [2.75, 3.05) is 12.4 Å². The van der Waals surface area contributed by atoms with Crippen LogP contribution in [0.2, 0.25) is 10.0 Å². The molecule has 3 aromatic carbocycles. The van der Waals surface area contributed by atoms with Crippen LogP contribution < -0.4 is 5.32 Å². The standard InChI is InChI=1S/C21H17Cl2FN2O3S/c1-26(13-14-5-3-2-4-6-14)30(28,29)18-7-8-20(24)19(12-18)21(27)25-17-10-15(22)9-16(23)11-17/h2-12H,13H2,1H3,(H,25,27). The first-order valence-corrected chi connectivity index (χ1v) is 10.9. The third-order valence-corrected chi connectivity index (χ3v) is 6.49. The molecule has 1 N–H and O–H groups in total. The van der Waals surface area contributed by atoms with Crippen LogP contribution in [0.4, 0.5) is 10.1 Å². The number of nitrogens with zero attached hydrogens (tertiary/aromatic N) is 1. The Hall–Kier alpha value is -2.45. The van der Waals surface area contributed by atoms with Crippen LogP contribution in [0, 0.1) is 5.82 Å². The predicted octanol–water partition coefficient (Wildman–Crippen LogP) is 5.21. The number of sulfonamides is 1. The summed E-state index contributed by atoms with van der Waals surface area (Å²) in [7, 11) is -2.54. The van der Waals surface area contributed by atoms with Crippen LogP contribution in [0.5, 0.6) is 0 Å². The summed E-state index contributed by atoms with van der Waals surface area (Å²) in [5.74, 6) is -1.68. The van der Waals surface area contributed by atoms with Gasteiger partial charge in [-0.2, -0.15) is 4.31 Å². The lowest BCUT2D eigenvalue weighted by Gasteiger charge is -2.18. The van der Waals surface area contributed by atoms with E-state index in [9.17, 15) is 17.6 Å². The molecule has 0 aliphatic heterocycles. The first kappa shape index (κ1) is 22.2. The van der Waals surface area contributed by atoms with Crippen molar-refractivity contribution in [3.05, 3.63) is 93.7 Å². The number of hydrogen-bond acceptors (Lipinski definition) is 3. The van der Waals surface area contributed by atoms with Gasteiger partial charge in [0.05, 0.1) is 10.5 Å². The molecule has 0 saturated carbocycles. The fourth-order valence-corrected chi connectivity index (χ4v) is 4.48. The van der Waals surface area contributed by atoms with E-state index in [1.807, 2.05) is 6.07 Å². The molecule has 0 radical (unpaired) electrons. The van der Waals surface area contributed by atoms with E-state index in [2.05, 4.69) is 5.32 Å². The molecule has 0 atom stereocenters.